The number of amides is 2. The topological polar surface area (TPSA) is 40.6 Å². The fraction of sp³-hybridized carbons (Fsp3) is 0.391. The zero-order chi connectivity index (χ0) is 19.3. The van der Waals surface area contributed by atoms with Crippen molar-refractivity contribution in [3.8, 4) is 0 Å². The van der Waals surface area contributed by atoms with Crippen molar-refractivity contribution in [2.24, 2.45) is 5.92 Å². The molecular weight excluding hydrogens is 368 g/mol. The molecule has 0 spiro atoms. The number of piperidine rings is 1. The van der Waals surface area contributed by atoms with Crippen LogP contribution in [0.2, 0.25) is 0 Å². The molecule has 0 unspecified atom stereocenters. The van der Waals surface area contributed by atoms with Gasteiger partial charge in [0.15, 0.2) is 0 Å². The molecule has 28 heavy (non-hydrogen) atoms. The van der Waals surface area contributed by atoms with Gasteiger partial charge < -0.3 is 9.80 Å². The van der Waals surface area contributed by atoms with E-state index < -0.39 is 0 Å². The second kappa shape index (κ2) is 8.82. The molecule has 4 nitrogen and oxygen atoms in total. The van der Waals surface area contributed by atoms with Gasteiger partial charge in [0.2, 0.25) is 11.8 Å². The Labute approximate surface area is 170 Å². The molecule has 2 aromatic rings. The highest BCUT2D eigenvalue weighted by Crippen LogP contribution is 2.35. The van der Waals surface area contributed by atoms with E-state index in [1.807, 2.05) is 29.2 Å². The Kier molecular flexibility index (Phi) is 6.01. The molecule has 5 heteroatoms. The van der Waals surface area contributed by atoms with Gasteiger partial charge in [-0.3, -0.25) is 9.59 Å². The SMILES string of the molecule is O=C(CCN1C(=O)CSc2ccccc21)N1CCC(Cc2ccccc2)CC1. The number of nitrogens with zero attached hydrogens (tertiary/aromatic N) is 2. The summed E-state index contributed by atoms with van der Waals surface area (Å²) >= 11 is 1.58. The number of likely N-dealkylation sites (tertiary alicyclic amines) is 1. The van der Waals surface area contributed by atoms with Crippen molar-refractivity contribution >= 4 is 29.3 Å². The van der Waals surface area contributed by atoms with E-state index in [1.54, 1.807) is 16.7 Å². The molecule has 0 atom stereocenters. The maximum atomic E-state index is 12.7. The minimum atomic E-state index is 0.0954. The Morgan fingerprint density at radius 1 is 1.00 bits per heavy atom. The second-order valence-electron chi connectivity index (χ2n) is 7.57. The van der Waals surface area contributed by atoms with E-state index in [0.717, 1.165) is 42.9 Å². The molecule has 2 aromatic carbocycles. The molecule has 2 amide bonds. The van der Waals surface area contributed by atoms with Crippen LogP contribution >= 0.6 is 11.8 Å². The fourth-order valence-electron chi connectivity index (χ4n) is 4.10. The van der Waals surface area contributed by atoms with Crippen molar-refractivity contribution in [3.63, 3.8) is 0 Å². The molecule has 146 valence electrons. The number of benzene rings is 2. The van der Waals surface area contributed by atoms with Crippen LogP contribution in [0, 0.1) is 5.92 Å². The van der Waals surface area contributed by atoms with Crippen LogP contribution < -0.4 is 4.90 Å². The number of hydrogen-bond acceptors (Lipinski definition) is 3. The van der Waals surface area contributed by atoms with Crippen LogP contribution in [0.25, 0.3) is 0 Å². The average Bonchev–Trinajstić information content (AvgIpc) is 2.74. The number of hydrogen-bond donors (Lipinski definition) is 0. The number of carbonyl (C=O) groups excluding carboxylic acids is 2. The van der Waals surface area contributed by atoms with E-state index in [2.05, 4.69) is 30.3 Å². The van der Waals surface area contributed by atoms with E-state index in [9.17, 15) is 9.59 Å². The summed E-state index contributed by atoms with van der Waals surface area (Å²) in [5.74, 6) is 1.37. The minimum Gasteiger partial charge on any atom is -0.343 e. The molecule has 1 saturated heterocycles. The van der Waals surface area contributed by atoms with Crippen LogP contribution in [0.1, 0.15) is 24.8 Å². The molecule has 4 rings (SSSR count). The van der Waals surface area contributed by atoms with Crippen LogP contribution in [-0.4, -0.2) is 42.1 Å². The molecule has 1 fully saturated rings. The van der Waals surface area contributed by atoms with E-state index in [4.69, 9.17) is 0 Å². The number of carbonyl (C=O) groups is 2. The molecule has 2 heterocycles. The molecule has 0 saturated carbocycles. The quantitative estimate of drug-likeness (QED) is 0.770. The van der Waals surface area contributed by atoms with Gasteiger partial charge >= 0.3 is 0 Å². The van der Waals surface area contributed by atoms with Gasteiger partial charge in [0.1, 0.15) is 0 Å². The van der Waals surface area contributed by atoms with Crippen molar-refractivity contribution in [2.45, 2.75) is 30.6 Å². The fourth-order valence-corrected chi connectivity index (χ4v) is 5.03. The number of thioether (sulfide) groups is 1. The molecule has 0 bridgehead atoms. The normalized spacial score (nSPS) is 17.5. The smallest absolute Gasteiger partial charge is 0.237 e. The first kappa shape index (κ1) is 19.1. The van der Waals surface area contributed by atoms with Gasteiger partial charge in [-0.15, -0.1) is 11.8 Å². The molecule has 0 aliphatic carbocycles. The number of anilines is 1. The van der Waals surface area contributed by atoms with Crippen molar-refractivity contribution in [2.75, 3.05) is 30.3 Å². The molecule has 0 N–H and O–H groups in total. The first-order chi connectivity index (χ1) is 13.7. The summed E-state index contributed by atoms with van der Waals surface area (Å²) < 4.78 is 0. The highest BCUT2D eigenvalue weighted by atomic mass is 32.2. The Morgan fingerprint density at radius 3 is 2.50 bits per heavy atom. The number of fused-ring (bicyclic) bond motifs is 1. The highest BCUT2D eigenvalue weighted by Gasteiger charge is 2.27. The summed E-state index contributed by atoms with van der Waals surface area (Å²) in [5.41, 5.74) is 2.32. The summed E-state index contributed by atoms with van der Waals surface area (Å²) in [6.07, 6.45) is 3.61. The summed E-state index contributed by atoms with van der Waals surface area (Å²) in [5, 5.41) is 0. The van der Waals surface area contributed by atoms with Crippen molar-refractivity contribution in [3.05, 3.63) is 60.2 Å². The monoisotopic (exact) mass is 394 g/mol. The molecule has 0 aromatic heterocycles. The van der Waals surface area contributed by atoms with Gasteiger partial charge in [0, 0.05) is 31.0 Å². The van der Waals surface area contributed by atoms with Gasteiger partial charge in [-0.05, 0) is 42.9 Å². The van der Waals surface area contributed by atoms with Crippen molar-refractivity contribution < 1.29 is 9.59 Å². The highest BCUT2D eigenvalue weighted by molar-refractivity contribution is 8.00. The summed E-state index contributed by atoms with van der Waals surface area (Å²) in [7, 11) is 0. The summed E-state index contributed by atoms with van der Waals surface area (Å²) in [6, 6.07) is 18.5. The maximum absolute atomic E-state index is 12.7. The van der Waals surface area contributed by atoms with Gasteiger partial charge in [0.05, 0.1) is 11.4 Å². The van der Waals surface area contributed by atoms with E-state index in [1.165, 1.54) is 5.56 Å². The zero-order valence-electron chi connectivity index (χ0n) is 16.0. The average molecular weight is 395 g/mol. The molecular formula is C23H26N2O2S. The Balaban J connectivity index is 1.28. The third-order valence-electron chi connectivity index (χ3n) is 5.69. The largest absolute Gasteiger partial charge is 0.343 e. The molecule has 0 radical (unpaired) electrons. The van der Waals surface area contributed by atoms with Gasteiger partial charge in [-0.2, -0.15) is 0 Å². The van der Waals surface area contributed by atoms with Crippen LogP contribution in [0.4, 0.5) is 5.69 Å². The Bertz CT molecular complexity index is 832. The lowest BCUT2D eigenvalue weighted by molar-refractivity contribution is -0.132. The van der Waals surface area contributed by atoms with Gasteiger partial charge in [-0.1, -0.05) is 42.5 Å². The predicted molar refractivity (Wildman–Crippen MR) is 114 cm³/mol. The lowest BCUT2D eigenvalue weighted by Gasteiger charge is -2.33. The first-order valence-electron chi connectivity index (χ1n) is 10.0. The Hall–Kier alpha value is -2.27. The number of para-hydroxylation sites is 1. The maximum Gasteiger partial charge on any atom is 0.237 e. The summed E-state index contributed by atoms with van der Waals surface area (Å²) in [4.78, 5) is 29.9. The van der Waals surface area contributed by atoms with Crippen LogP contribution in [0.3, 0.4) is 0 Å². The van der Waals surface area contributed by atoms with Crippen LogP contribution in [0.5, 0.6) is 0 Å². The van der Waals surface area contributed by atoms with E-state index in [0.29, 0.717) is 24.6 Å². The number of rotatable bonds is 5. The van der Waals surface area contributed by atoms with Crippen LogP contribution in [0.15, 0.2) is 59.5 Å². The lowest BCUT2D eigenvalue weighted by Crippen LogP contribution is -2.42. The van der Waals surface area contributed by atoms with E-state index >= 15 is 0 Å². The standard InChI is InChI=1S/C23H26N2O2S/c26-22(12-15-25-20-8-4-5-9-21(20)28-17-23(25)27)24-13-10-19(11-14-24)16-18-6-2-1-3-7-18/h1-9,19H,10-17H2. The predicted octanol–water partition coefficient (Wildman–Crippen LogP) is 4.00. The van der Waals surface area contributed by atoms with Crippen LogP contribution in [-0.2, 0) is 16.0 Å². The first-order valence-corrected chi connectivity index (χ1v) is 11.0. The van der Waals surface area contributed by atoms with Crippen molar-refractivity contribution in [1.82, 2.24) is 4.90 Å². The molecule has 2 aliphatic heterocycles. The lowest BCUT2D eigenvalue weighted by atomic mass is 9.90. The second-order valence-corrected chi connectivity index (χ2v) is 8.58. The Morgan fingerprint density at radius 2 is 1.71 bits per heavy atom. The third kappa shape index (κ3) is 4.41. The van der Waals surface area contributed by atoms with E-state index in [-0.39, 0.29) is 11.8 Å². The molecule has 2 aliphatic rings. The van der Waals surface area contributed by atoms with Gasteiger partial charge in [0.25, 0.3) is 0 Å². The van der Waals surface area contributed by atoms with Crippen molar-refractivity contribution in [1.29, 1.82) is 0 Å². The summed E-state index contributed by atoms with van der Waals surface area (Å²) in [6.45, 7) is 2.13. The zero-order valence-corrected chi connectivity index (χ0v) is 16.9. The van der Waals surface area contributed by atoms with Gasteiger partial charge in [-0.25, -0.2) is 0 Å². The third-order valence-corrected chi connectivity index (χ3v) is 6.74. The minimum absolute atomic E-state index is 0.0954.